The molecule has 2 aliphatic heterocycles. The summed E-state index contributed by atoms with van der Waals surface area (Å²) in [5, 5.41) is 6.26. The zero-order valence-electron chi connectivity index (χ0n) is 22.3. The van der Waals surface area contributed by atoms with Crippen molar-refractivity contribution in [2.24, 2.45) is 5.10 Å². The third kappa shape index (κ3) is 6.69. The fourth-order valence-electron chi connectivity index (χ4n) is 4.71. The molecule has 10 nitrogen and oxygen atoms in total. The molecule has 1 fully saturated rings. The molecule has 0 aromatic heterocycles. The molecule has 1 atom stereocenters. The first-order valence-electron chi connectivity index (χ1n) is 12.8. The highest BCUT2D eigenvalue weighted by Gasteiger charge is 2.36. The minimum Gasteiger partial charge on any atom is -0.497 e. The van der Waals surface area contributed by atoms with E-state index in [-0.39, 0.29) is 31.0 Å². The molecule has 1 saturated heterocycles. The van der Waals surface area contributed by atoms with Crippen LogP contribution in [0.5, 0.6) is 11.5 Å². The largest absolute Gasteiger partial charge is 0.497 e. The molecule has 2 aromatic carbocycles. The minimum atomic E-state index is -0.366. The summed E-state index contributed by atoms with van der Waals surface area (Å²) in [6.07, 6.45) is 0.512. The summed E-state index contributed by atoms with van der Waals surface area (Å²) in [4.78, 5) is 30.4. The van der Waals surface area contributed by atoms with Crippen molar-refractivity contribution in [3.8, 4) is 11.5 Å². The van der Waals surface area contributed by atoms with Crippen LogP contribution in [0.4, 0.5) is 0 Å². The topological polar surface area (TPSA) is 93.1 Å². The van der Waals surface area contributed by atoms with Gasteiger partial charge in [-0.2, -0.15) is 5.10 Å². The molecular formula is C28H36N4O6. The number of amides is 2. The Morgan fingerprint density at radius 2 is 1.76 bits per heavy atom. The quantitative estimate of drug-likeness (QED) is 0.445. The number of benzene rings is 2. The summed E-state index contributed by atoms with van der Waals surface area (Å²) in [5.41, 5.74) is 2.54. The van der Waals surface area contributed by atoms with Gasteiger partial charge in [0, 0.05) is 45.3 Å². The molecule has 4 rings (SSSR count). The SMILES string of the molecule is COCC(=O)N(CCN1CCOCC1)CC(=O)N1N=C(c2ccc(OC)cc2)CC1c1ccccc1OC. The van der Waals surface area contributed by atoms with Crippen LogP contribution in [0, 0.1) is 0 Å². The molecule has 2 aliphatic rings. The summed E-state index contributed by atoms with van der Waals surface area (Å²) >= 11 is 0. The molecule has 0 bridgehead atoms. The zero-order valence-corrected chi connectivity index (χ0v) is 22.3. The van der Waals surface area contributed by atoms with Gasteiger partial charge in [0.1, 0.15) is 24.7 Å². The standard InChI is InChI=1S/C28H36N4O6/c1-35-20-28(34)31(13-12-30-14-16-38-17-15-30)19-27(33)32-25(23-6-4-5-7-26(23)37-3)18-24(29-32)21-8-10-22(36-2)11-9-21/h4-11,25H,12-20H2,1-3H3. The number of morpholine rings is 1. The Morgan fingerprint density at radius 3 is 2.45 bits per heavy atom. The maximum atomic E-state index is 13.8. The van der Waals surface area contributed by atoms with Crippen LogP contribution in [0.25, 0.3) is 0 Å². The number of ether oxygens (including phenoxy) is 4. The van der Waals surface area contributed by atoms with Gasteiger partial charge in [0.2, 0.25) is 5.91 Å². The van der Waals surface area contributed by atoms with Gasteiger partial charge in [-0.25, -0.2) is 5.01 Å². The number of nitrogens with zero attached hydrogens (tertiary/aromatic N) is 4. The lowest BCUT2D eigenvalue weighted by molar-refractivity contribution is -0.143. The number of hydrogen-bond donors (Lipinski definition) is 0. The van der Waals surface area contributed by atoms with Gasteiger partial charge in [-0.15, -0.1) is 0 Å². The van der Waals surface area contributed by atoms with E-state index in [4.69, 9.17) is 24.0 Å². The average Bonchev–Trinajstić information content (AvgIpc) is 3.41. The average molecular weight is 525 g/mol. The Hall–Kier alpha value is -3.47. The van der Waals surface area contributed by atoms with Gasteiger partial charge in [-0.1, -0.05) is 18.2 Å². The fraction of sp³-hybridized carbons (Fsp3) is 0.464. The monoisotopic (exact) mass is 524 g/mol. The Kier molecular flexibility index (Phi) is 9.69. The van der Waals surface area contributed by atoms with Crippen molar-refractivity contribution in [1.82, 2.24) is 14.8 Å². The highest BCUT2D eigenvalue weighted by molar-refractivity contribution is 6.03. The van der Waals surface area contributed by atoms with Crippen LogP contribution >= 0.6 is 0 Å². The lowest BCUT2D eigenvalue weighted by Gasteiger charge is -2.31. The third-order valence-corrected chi connectivity index (χ3v) is 6.82. The maximum absolute atomic E-state index is 13.8. The second-order valence-electron chi connectivity index (χ2n) is 9.18. The summed E-state index contributed by atoms with van der Waals surface area (Å²) in [7, 11) is 4.71. The molecule has 1 unspecified atom stereocenters. The van der Waals surface area contributed by atoms with Crippen LogP contribution in [0.15, 0.2) is 53.6 Å². The van der Waals surface area contributed by atoms with E-state index in [1.165, 1.54) is 12.1 Å². The van der Waals surface area contributed by atoms with Gasteiger partial charge in [0.05, 0.1) is 39.2 Å². The first-order valence-corrected chi connectivity index (χ1v) is 12.8. The number of hydrogen-bond acceptors (Lipinski definition) is 8. The second kappa shape index (κ2) is 13.4. The molecule has 10 heteroatoms. The van der Waals surface area contributed by atoms with Crippen LogP contribution in [0.3, 0.4) is 0 Å². The first kappa shape index (κ1) is 27.6. The summed E-state index contributed by atoms with van der Waals surface area (Å²) in [5.74, 6) is 0.924. The van der Waals surface area contributed by atoms with Gasteiger partial charge < -0.3 is 23.8 Å². The van der Waals surface area contributed by atoms with Crippen molar-refractivity contribution in [3.63, 3.8) is 0 Å². The molecule has 2 aromatic rings. The van der Waals surface area contributed by atoms with E-state index >= 15 is 0 Å². The van der Waals surface area contributed by atoms with Gasteiger partial charge >= 0.3 is 0 Å². The lowest BCUT2D eigenvalue weighted by atomic mass is 9.97. The predicted molar refractivity (Wildman–Crippen MR) is 142 cm³/mol. The zero-order chi connectivity index (χ0) is 26.9. The van der Waals surface area contributed by atoms with Gasteiger partial charge in [0.25, 0.3) is 5.91 Å². The number of carbonyl (C=O) groups is 2. The smallest absolute Gasteiger partial charge is 0.262 e. The molecule has 0 N–H and O–H groups in total. The van der Waals surface area contributed by atoms with Crippen molar-refractivity contribution in [2.45, 2.75) is 12.5 Å². The highest BCUT2D eigenvalue weighted by atomic mass is 16.5. The lowest BCUT2D eigenvalue weighted by Crippen LogP contribution is -2.47. The molecule has 0 aliphatic carbocycles. The van der Waals surface area contributed by atoms with Crippen molar-refractivity contribution < 1.29 is 28.5 Å². The third-order valence-electron chi connectivity index (χ3n) is 6.82. The Balaban J connectivity index is 1.58. The van der Waals surface area contributed by atoms with Gasteiger partial charge in [-0.3, -0.25) is 14.5 Å². The molecule has 0 spiro atoms. The minimum absolute atomic E-state index is 0.0906. The van der Waals surface area contributed by atoms with Crippen LogP contribution in [-0.4, -0.2) is 106 Å². The Labute approximate surface area is 223 Å². The van der Waals surface area contributed by atoms with E-state index in [9.17, 15) is 9.59 Å². The van der Waals surface area contributed by atoms with Gasteiger partial charge in [-0.05, 0) is 35.9 Å². The molecular weight excluding hydrogens is 488 g/mol. The van der Waals surface area contributed by atoms with E-state index in [0.29, 0.717) is 38.5 Å². The maximum Gasteiger partial charge on any atom is 0.262 e. The first-order chi connectivity index (χ1) is 18.5. The number of methoxy groups -OCH3 is 3. The van der Waals surface area contributed by atoms with Gasteiger partial charge in [0.15, 0.2) is 0 Å². The van der Waals surface area contributed by atoms with E-state index in [1.54, 1.807) is 19.1 Å². The van der Waals surface area contributed by atoms with Crippen LogP contribution in [0.1, 0.15) is 23.6 Å². The van der Waals surface area contributed by atoms with E-state index in [1.807, 2.05) is 48.5 Å². The predicted octanol–water partition coefficient (Wildman–Crippen LogP) is 2.19. The fourth-order valence-corrected chi connectivity index (χ4v) is 4.71. The summed E-state index contributed by atoms with van der Waals surface area (Å²) in [6, 6.07) is 14.9. The van der Waals surface area contributed by atoms with E-state index in [0.717, 1.165) is 35.7 Å². The van der Waals surface area contributed by atoms with E-state index < -0.39 is 0 Å². The molecule has 2 amide bonds. The Bertz CT molecular complexity index is 1120. The molecule has 38 heavy (non-hydrogen) atoms. The van der Waals surface area contributed by atoms with E-state index in [2.05, 4.69) is 4.90 Å². The molecule has 0 radical (unpaired) electrons. The summed E-state index contributed by atoms with van der Waals surface area (Å²) < 4.78 is 21.4. The van der Waals surface area contributed by atoms with Crippen LogP contribution < -0.4 is 9.47 Å². The van der Waals surface area contributed by atoms with Crippen LogP contribution in [0.2, 0.25) is 0 Å². The Morgan fingerprint density at radius 1 is 1.03 bits per heavy atom. The molecule has 204 valence electrons. The number of para-hydroxylation sites is 1. The van der Waals surface area contributed by atoms with Crippen molar-refractivity contribution in [3.05, 3.63) is 59.7 Å². The number of rotatable bonds is 11. The normalized spacial score (nSPS) is 17.7. The van der Waals surface area contributed by atoms with Crippen molar-refractivity contribution >= 4 is 17.5 Å². The number of carbonyl (C=O) groups excluding carboxylic acids is 2. The second-order valence-corrected chi connectivity index (χ2v) is 9.18. The molecule has 2 heterocycles. The highest BCUT2D eigenvalue weighted by Crippen LogP contribution is 2.37. The summed E-state index contributed by atoms with van der Waals surface area (Å²) in [6.45, 7) is 3.82. The van der Waals surface area contributed by atoms with Crippen LogP contribution in [-0.2, 0) is 19.1 Å². The molecule has 0 saturated carbocycles. The van der Waals surface area contributed by atoms with Crippen molar-refractivity contribution in [1.29, 1.82) is 0 Å². The van der Waals surface area contributed by atoms with Crippen molar-refractivity contribution in [2.75, 3.05) is 73.9 Å². The number of hydrazone groups is 1.